The third-order valence-corrected chi connectivity index (χ3v) is 4.74. The summed E-state index contributed by atoms with van der Waals surface area (Å²) in [5.41, 5.74) is 1.11. The summed E-state index contributed by atoms with van der Waals surface area (Å²) in [6.45, 7) is 11.0. The predicted molar refractivity (Wildman–Crippen MR) is 109 cm³/mol. The van der Waals surface area contributed by atoms with Gasteiger partial charge in [-0.3, -0.25) is 4.99 Å². The number of benzene rings is 1. The minimum atomic E-state index is -0.619. The highest BCUT2D eigenvalue weighted by molar-refractivity contribution is 5.80. The molecule has 27 heavy (non-hydrogen) atoms. The predicted octanol–water partition coefficient (Wildman–Crippen LogP) is 2.45. The first-order valence-corrected chi connectivity index (χ1v) is 10.1. The molecule has 3 unspecified atom stereocenters. The molecule has 1 aromatic carbocycles. The van der Waals surface area contributed by atoms with Gasteiger partial charge in [-0.1, -0.05) is 30.3 Å². The van der Waals surface area contributed by atoms with Crippen LogP contribution in [0.1, 0.15) is 38.9 Å². The number of aliphatic hydroxyl groups is 1. The molecule has 152 valence electrons. The molecule has 0 aliphatic carbocycles. The second-order valence-corrected chi connectivity index (χ2v) is 6.99. The highest BCUT2D eigenvalue weighted by atomic mass is 16.5. The summed E-state index contributed by atoms with van der Waals surface area (Å²) < 4.78 is 11.4. The van der Waals surface area contributed by atoms with E-state index < -0.39 is 6.10 Å². The molecule has 0 aromatic heterocycles. The summed E-state index contributed by atoms with van der Waals surface area (Å²) in [4.78, 5) is 6.88. The monoisotopic (exact) mass is 377 g/mol. The number of hydrogen-bond acceptors (Lipinski definition) is 4. The quantitative estimate of drug-likeness (QED) is 0.484. The van der Waals surface area contributed by atoms with Gasteiger partial charge in [-0.05, 0) is 32.8 Å². The smallest absolute Gasteiger partial charge is 0.194 e. The molecule has 0 spiro atoms. The van der Waals surface area contributed by atoms with E-state index in [0.717, 1.165) is 50.8 Å². The Morgan fingerprint density at radius 1 is 1.33 bits per heavy atom. The molecule has 6 heteroatoms. The topological polar surface area (TPSA) is 66.3 Å². The lowest BCUT2D eigenvalue weighted by molar-refractivity contribution is 0.00105. The van der Waals surface area contributed by atoms with Gasteiger partial charge in [0, 0.05) is 32.2 Å². The Kier molecular flexibility index (Phi) is 9.59. The minimum absolute atomic E-state index is 0.0454. The van der Waals surface area contributed by atoms with Crippen LogP contribution in [-0.4, -0.2) is 68.1 Å². The van der Waals surface area contributed by atoms with Crippen LogP contribution in [-0.2, 0) is 9.47 Å². The van der Waals surface area contributed by atoms with Gasteiger partial charge in [-0.25, -0.2) is 0 Å². The Hall–Kier alpha value is -1.63. The summed E-state index contributed by atoms with van der Waals surface area (Å²) in [6, 6.07) is 10.0. The Morgan fingerprint density at radius 3 is 2.81 bits per heavy atom. The maximum atomic E-state index is 10.3. The van der Waals surface area contributed by atoms with E-state index in [1.807, 2.05) is 44.2 Å². The normalized spacial score (nSPS) is 19.9. The van der Waals surface area contributed by atoms with Gasteiger partial charge in [0.2, 0.25) is 0 Å². The van der Waals surface area contributed by atoms with E-state index in [1.54, 1.807) is 0 Å². The fourth-order valence-corrected chi connectivity index (χ4v) is 3.19. The van der Waals surface area contributed by atoms with E-state index in [-0.39, 0.29) is 12.7 Å². The molecular weight excluding hydrogens is 342 g/mol. The fourth-order valence-electron chi connectivity index (χ4n) is 3.19. The van der Waals surface area contributed by atoms with Gasteiger partial charge in [0.1, 0.15) is 0 Å². The van der Waals surface area contributed by atoms with Gasteiger partial charge in [0.15, 0.2) is 5.96 Å². The number of hydrogen-bond donors (Lipinski definition) is 2. The lowest BCUT2D eigenvalue weighted by atomic mass is 10.1. The summed E-state index contributed by atoms with van der Waals surface area (Å²) in [7, 11) is 0. The standard InChI is InChI=1S/C21H35N3O3/c1-4-22-21(24-12-11-18(14-24)15-26-5-2)23-13-20(25)16-27-17(3)19-9-7-6-8-10-19/h6-10,17-18,20,25H,4-5,11-16H2,1-3H3,(H,22,23). The first kappa shape index (κ1) is 21.7. The van der Waals surface area contributed by atoms with Gasteiger partial charge in [0.05, 0.1) is 32.0 Å². The van der Waals surface area contributed by atoms with Crippen LogP contribution in [0.2, 0.25) is 0 Å². The molecule has 2 N–H and O–H groups in total. The van der Waals surface area contributed by atoms with E-state index in [2.05, 4.69) is 22.1 Å². The average Bonchev–Trinajstić information content (AvgIpc) is 3.17. The molecule has 0 amide bonds. The largest absolute Gasteiger partial charge is 0.389 e. The van der Waals surface area contributed by atoms with Crippen molar-refractivity contribution in [3.63, 3.8) is 0 Å². The zero-order chi connectivity index (χ0) is 19.5. The van der Waals surface area contributed by atoms with Gasteiger partial charge in [-0.15, -0.1) is 0 Å². The molecule has 1 fully saturated rings. The van der Waals surface area contributed by atoms with Crippen molar-refractivity contribution in [3.8, 4) is 0 Å². The van der Waals surface area contributed by atoms with Crippen LogP contribution in [0, 0.1) is 5.92 Å². The first-order valence-electron chi connectivity index (χ1n) is 10.1. The molecule has 0 radical (unpaired) electrons. The van der Waals surface area contributed by atoms with Crippen molar-refractivity contribution in [1.82, 2.24) is 10.2 Å². The van der Waals surface area contributed by atoms with Crippen LogP contribution in [0.25, 0.3) is 0 Å². The molecule has 2 rings (SSSR count). The minimum Gasteiger partial charge on any atom is -0.389 e. The molecule has 0 saturated carbocycles. The van der Waals surface area contributed by atoms with Crippen LogP contribution in [0.3, 0.4) is 0 Å². The fraction of sp³-hybridized carbons (Fsp3) is 0.667. The third-order valence-electron chi connectivity index (χ3n) is 4.74. The average molecular weight is 378 g/mol. The second kappa shape index (κ2) is 12.0. The van der Waals surface area contributed by atoms with Crippen molar-refractivity contribution in [1.29, 1.82) is 0 Å². The van der Waals surface area contributed by atoms with E-state index >= 15 is 0 Å². The number of ether oxygens (including phenoxy) is 2. The Labute approximate surface area is 163 Å². The summed E-state index contributed by atoms with van der Waals surface area (Å²) in [5, 5.41) is 13.6. The van der Waals surface area contributed by atoms with Crippen LogP contribution in [0.15, 0.2) is 35.3 Å². The van der Waals surface area contributed by atoms with E-state index in [0.29, 0.717) is 12.5 Å². The summed E-state index contributed by atoms with van der Waals surface area (Å²) in [5.74, 6) is 1.42. The zero-order valence-electron chi connectivity index (χ0n) is 16.9. The number of likely N-dealkylation sites (tertiary alicyclic amines) is 1. The van der Waals surface area contributed by atoms with Crippen molar-refractivity contribution in [3.05, 3.63) is 35.9 Å². The number of aliphatic hydroxyl groups excluding tert-OH is 1. The van der Waals surface area contributed by atoms with Crippen LogP contribution < -0.4 is 5.32 Å². The molecule has 6 nitrogen and oxygen atoms in total. The summed E-state index contributed by atoms with van der Waals surface area (Å²) >= 11 is 0. The van der Waals surface area contributed by atoms with Crippen molar-refractivity contribution < 1.29 is 14.6 Å². The van der Waals surface area contributed by atoms with E-state index in [4.69, 9.17) is 9.47 Å². The number of nitrogens with one attached hydrogen (secondary N) is 1. The number of guanidine groups is 1. The molecule has 1 aliphatic rings. The highest BCUT2D eigenvalue weighted by Gasteiger charge is 2.25. The van der Waals surface area contributed by atoms with Crippen LogP contribution in [0.4, 0.5) is 0 Å². The van der Waals surface area contributed by atoms with Crippen molar-refractivity contribution in [2.24, 2.45) is 10.9 Å². The number of rotatable bonds is 10. The molecule has 0 bridgehead atoms. The van der Waals surface area contributed by atoms with Crippen molar-refractivity contribution in [2.75, 3.05) is 46.0 Å². The number of nitrogens with zero attached hydrogens (tertiary/aromatic N) is 2. The molecule has 1 saturated heterocycles. The van der Waals surface area contributed by atoms with Gasteiger partial charge in [0.25, 0.3) is 0 Å². The Morgan fingerprint density at radius 2 is 2.11 bits per heavy atom. The number of aliphatic imine (C=N–C) groups is 1. The van der Waals surface area contributed by atoms with Gasteiger partial charge >= 0.3 is 0 Å². The maximum Gasteiger partial charge on any atom is 0.194 e. The second-order valence-electron chi connectivity index (χ2n) is 6.99. The molecular formula is C21H35N3O3. The summed E-state index contributed by atoms with van der Waals surface area (Å²) in [6.07, 6.45) is 0.451. The van der Waals surface area contributed by atoms with E-state index in [1.165, 1.54) is 0 Å². The molecule has 1 aromatic rings. The third kappa shape index (κ3) is 7.48. The van der Waals surface area contributed by atoms with Crippen LogP contribution >= 0.6 is 0 Å². The van der Waals surface area contributed by atoms with Gasteiger partial charge in [-0.2, -0.15) is 0 Å². The SMILES string of the molecule is CCNC(=NCC(O)COC(C)c1ccccc1)N1CCC(COCC)C1. The lowest BCUT2D eigenvalue weighted by Crippen LogP contribution is -2.41. The zero-order valence-corrected chi connectivity index (χ0v) is 16.9. The first-order chi connectivity index (χ1) is 13.1. The van der Waals surface area contributed by atoms with Crippen molar-refractivity contribution in [2.45, 2.75) is 39.4 Å². The molecule has 3 atom stereocenters. The van der Waals surface area contributed by atoms with E-state index in [9.17, 15) is 5.11 Å². The maximum absolute atomic E-state index is 10.3. The molecule has 1 aliphatic heterocycles. The molecule has 1 heterocycles. The Bertz CT molecular complexity index is 553. The lowest BCUT2D eigenvalue weighted by Gasteiger charge is -2.22. The highest BCUT2D eigenvalue weighted by Crippen LogP contribution is 2.17. The van der Waals surface area contributed by atoms with Crippen molar-refractivity contribution >= 4 is 5.96 Å². The van der Waals surface area contributed by atoms with Gasteiger partial charge < -0.3 is 24.8 Å². The van der Waals surface area contributed by atoms with Crippen LogP contribution in [0.5, 0.6) is 0 Å². The Balaban J connectivity index is 1.79.